The number of hydrogen-bond donors (Lipinski definition) is 3. The lowest BCUT2D eigenvalue weighted by molar-refractivity contribution is 0.0551. The minimum Gasteiger partial charge on any atom is -0.507 e. The highest BCUT2D eigenvalue weighted by molar-refractivity contribution is 5.83. The van der Waals surface area contributed by atoms with Gasteiger partial charge in [0.05, 0.1) is 5.60 Å². The van der Waals surface area contributed by atoms with E-state index in [9.17, 15) is 10.2 Å². The molecule has 1 aliphatic rings. The second-order valence-electron chi connectivity index (χ2n) is 4.50. The molecule has 3 N–H and O–H groups in total. The molecule has 4 heteroatoms. The van der Waals surface area contributed by atoms with Crippen molar-refractivity contribution in [2.45, 2.75) is 18.4 Å². The minimum atomic E-state index is -0.601. The Morgan fingerprint density at radius 3 is 2.94 bits per heavy atom. The summed E-state index contributed by atoms with van der Waals surface area (Å²) in [6.07, 6.45) is 3.10. The van der Waals surface area contributed by atoms with Crippen LogP contribution in [0.4, 0.5) is 0 Å². The van der Waals surface area contributed by atoms with Gasteiger partial charge < -0.3 is 15.5 Å². The molecule has 0 radical (unpaired) electrons. The fraction of sp³-hybridized carbons (Fsp3) is 0.462. The molecule has 0 bridgehead atoms. The molecule has 4 nitrogen and oxygen atoms in total. The molecule has 2 rings (SSSR count). The van der Waals surface area contributed by atoms with Gasteiger partial charge in [0.1, 0.15) is 5.75 Å². The molecule has 0 amide bonds. The Morgan fingerprint density at radius 2 is 2.24 bits per heavy atom. The SMILES string of the molecule is Oc1ccccc1C=NCCC1(O)CCNC1. The van der Waals surface area contributed by atoms with Gasteiger partial charge in [-0.05, 0) is 31.5 Å². The van der Waals surface area contributed by atoms with Gasteiger partial charge in [-0.2, -0.15) is 0 Å². The predicted octanol–water partition coefficient (Wildman–Crippen LogP) is 0.926. The first-order valence-electron chi connectivity index (χ1n) is 5.91. The van der Waals surface area contributed by atoms with Crippen LogP contribution >= 0.6 is 0 Å². The van der Waals surface area contributed by atoms with E-state index in [1.165, 1.54) is 0 Å². The Hall–Kier alpha value is -1.39. The number of rotatable bonds is 4. The van der Waals surface area contributed by atoms with Gasteiger partial charge in [-0.15, -0.1) is 0 Å². The highest BCUT2D eigenvalue weighted by atomic mass is 16.3. The Morgan fingerprint density at radius 1 is 1.41 bits per heavy atom. The molecular formula is C13H18N2O2. The van der Waals surface area contributed by atoms with E-state index in [0.717, 1.165) is 13.0 Å². The van der Waals surface area contributed by atoms with Gasteiger partial charge in [-0.3, -0.25) is 4.99 Å². The highest BCUT2D eigenvalue weighted by Gasteiger charge is 2.29. The molecule has 1 fully saturated rings. The van der Waals surface area contributed by atoms with Crippen molar-refractivity contribution in [3.63, 3.8) is 0 Å². The average Bonchev–Trinajstić information content (AvgIpc) is 2.74. The van der Waals surface area contributed by atoms with E-state index in [2.05, 4.69) is 10.3 Å². The maximum atomic E-state index is 10.1. The maximum Gasteiger partial charge on any atom is 0.124 e. The number of phenols is 1. The fourth-order valence-corrected chi connectivity index (χ4v) is 1.98. The average molecular weight is 234 g/mol. The highest BCUT2D eigenvalue weighted by Crippen LogP contribution is 2.18. The van der Waals surface area contributed by atoms with Crippen molar-refractivity contribution in [1.29, 1.82) is 0 Å². The molecule has 1 aromatic carbocycles. The molecule has 1 saturated heterocycles. The van der Waals surface area contributed by atoms with Gasteiger partial charge in [-0.1, -0.05) is 12.1 Å². The number of benzene rings is 1. The Bertz CT molecular complexity index is 398. The monoisotopic (exact) mass is 234 g/mol. The van der Waals surface area contributed by atoms with Gasteiger partial charge >= 0.3 is 0 Å². The quantitative estimate of drug-likeness (QED) is 0.679. The summed E-state index contributed by atoms with van der Waals surface area (Å²) in [4.78, 5) is 4.24. The van der Waals surface area contributed by atoms with Crippen molar-refractivity contribution in [3.05, 3.63) is 29.8 Å². The van der Waals surface area contributed by atoms with Crippen LogP contribution in [0.25, 0.3) is 0 Å². The first-order chi connectivity index (χ1) is 8.20. The van der Waals surface area contributed by atoms with Crippen molar-refractivity contribution in [1.82, 2.24) is 5.32 Å². The first kappa shape index (κ1) is 12.1. The lowest BCUT2D eigenvalue weighted by Crippen LogP contribution is -2.31. The Kier molecular flexibility index (Phi) is 3.76. The van der Waals surface area contributed by atoms with Crippen LogP contribution in [0.1, 0.15) is 18.4 Å². The summed E-state index contributed by atoms with van der Waals surface area (Å²) in [6.45, 7) is 2.10. The second-order valence-corrected chi connectivity index (χ2v) is 4.50. The van der Waals surface area contributed by atoms with E-state index in [4.69, 9.17) is 0 Å². The molecule has 1 aliphatic heterocycles. The number of aliphatic hydroxyl groups is 1. The van der Waals surface area contributed by atoms with Gasteiger partial charge in [0.25, 0.3) is 0 Å². The van der Waals surface area contributed by atoms with Crippen molar-refractivity contribution in [3.8, 4) is 5.75 Å². The lowest BCUT2D eigenvalue weighted by atomic mass is 9.99. The number of hydrogen-bond acceptors (Lipinski definition) is 4. The zero-order chi connectivity index (χ0) is 12.1. The summed E-state index contributed by atoms with van der Waals surface area (Å²) in [7, 11) is 0. The van der Waals surface area contributed by atoms with Crippen LogP contribution in [-0.2, 0) is 0 Å². The van der Waals surface area contributed by atoms with E-state index in [1.807, 2.05) is 12.1 Å². The van der Waals surface area contributed by atoms with Crippen LogP contribution in [-0.4, -0.2) is 41.7 Å². The van der Waals surface area contributed by atoms with Crippen molar-refractivity contribution in [2.24, 2.45) is 4.99 Å². The van der Waals surface area contributed by atoms with Crippen molar-refractivity contribution in [2.75, 3.05) is 19.6 Å². The Balaban J connectivity index is 1.84. The second kappa shape index (κ2) is 5.29. The van der Waals surface area contributed by atoms with Crippen LogP contribution in [0, 0.1) is 0 Å². The number of phenolic OH excluding ortho intramolecular Hbond substituents is 1. The Labute approximate surface area is 101 Å². The summed E-state index contributed by atoms with van der Waals surface area (Å²) < 4.78 is 0. The van der Waals surface area contributed by atoms with E-state index in [1.54, 1.807) is 18.3 Å². The standard InChI is InChI=1S/C13H18N2O2/c16-12-4-2-1-3-11(12)9-14-7-5-13(17)6-8-15-10-13/h1-4,9,15-17H,5-8,10H2. The first-order valence-corrected chi connectivity index (χ1v) is 5.91. The molecule has 1 aromatic rings. The topological polar surface area (TPSA) is 64.9 Å². The molecule has 0 aromatic heterocycles. The van der Waals surface area contributed by atoms with Gasteiger partial charge in [0.15, 0.2) is 0 Å². The van der Waals surface area contributed by atoms with Crippen LogP contribution in [0.3, 0.4) is 0 Å². The van der Waals surface area contributed by atoms with E-state index in [0.29, 0.717) is 25.1 Å². The summed E-state index contributed by atoms with van der Waals surface area (Å²) in [6, 6.07) is 7.08. The molecule has 0 saturated carbocycles. The smallest absolute Gasteiger partial charge is 0.124 e. The van der Waals surface area contributed by atoms with E-state index < -0.39 is 5.60 Å². The third-order valence-corrected chi connectivity index (χ3v) is 3.09. The lowest BCUT2D eigenvalue weighted by Gasteiger charge is -2.19. The summed E-state index contributed by atoms with van der Waals surface area (Å²) in [5.41, 5.74) is 0.111. The minimum absolute atomic E-state index is 0.234. The van der Waals surface area contributed by atoms with E-state index >= 15 is 0 Å². The number of aromatic hydroxyl groups is 1. The van der Waals surface area contributed by atoms with Gasteiger partial charge in [-0.25, -0.2) is 0 Å². The third kappa shape index (κ3) is 3.28. The third-order valence-electron chi connectivity index (χ3n) is 3.09. The zero-order valence-electron chi connectivity index (χ0n) is 9.76. The molecule has 1 unspecified atom stereocenters. The number of β-amino-alcohol motifs (C(OH)–C–C–N with tert-alkyl or cyclic N) is 1. The van der Waals surface area contributed by atoms with Crippen LogP contribution < -0.4 is 5.32 Å². The zero-order valence-corrected chi connectivity index (χ0v) is 9.76. The number of para-hydroxylation sites is 1. The summed E-state index contributed by atoms with van der Waals surface area (Å²) >= 11 is 0. The summed E-state index contributed by atoms with van der Waals surface area (Å²) in [5, 5.41) is 22.7. The number of aliphatic imine (C=N–C) groups is 1. The van der Waals surface area contributed by atoms with Crippen molar-refractivity contribution < 1.29 is 10.2 Å². The fourth-order valence-electron chi connectivity index (χ4n) is 1.98. The van der Waals surface area contributed by atoms with Gasteiger partial charge in [0, 0.05) is 24.9 Å². The molecule has 0 aliphatic carbocycles. The maximum absolute atomic E-state index is 10.1. The normalized spacial score (nSPS) is 24.5. The molecule has 1 heterocycles. The number of nitrogens with one attached hydrogen (secondary N) is 1. The molecule has 1 atom stereocenters. The molecule has 0 spiro atoms. The molecular weight excluding hydrogens is 216 g/mol. The number of nitrogens with zero attached hydrogens (tertiary/aromatic N) is 1. The molecule has 92 valence electrons. The largest absolute Gasteiger partial charge is 0.507 e. The van der Waals surface area contributed by atoms with Crippen LogP contribution in [0.2, 0.25) is 0 Å². The molecule has 17 heavy (non-hydrogen) atoms. The van der Waals surface area contributed by atoms with Crippen LogP contribution in [0.5, 0.6) is 5.75 Å². The van der Waals surface area contributed by atoms with Gasteiger partial charge in [0.2, 0.25) is 0 Å². The predicted molar refractivity (Wildman–Crippen MR) is 67.6 cm³/mol. The van der Waals surface area contributed by atoms with Crippen LogP contribution in [0.15, 0.2) is 29.3 Å². The summed E-state index contributed by atoms with van der Waals surface area (Å²) in [5.74, 6) is 0.234. The van der Waals surface area contributed by atoms with Crippen molar-refractivity contribution >= 4 is 6.21 Å². The van der Waals surface area contributed by atoms with E-state index in [-0.39, 0.29) is 5.75 Å².